The summed E-state index contributed by atoms with van der Waals surface area (Å²) in [6.45, 7) is 3.90. The highest BCUT2D eigenvalue weighted by Crippen LogP contribution is 2.11. The van der Waals surface area contributed by atoms with E-state index in [4.69, 9.17) is 5.11 Å². The number of carboxylic acids is 1. The van der Waals surface area contributed by atoms with Gasteiger partial charge in [0.25, 0.3) is 0 Å². The summed E-state index contributed by atoms with van der Waals surface area (Å²) in [5.74, 6) is -2.24. The highest BCUT2D eigenvalue weighted by atomic mass is 19.1. The Morgan fingerprint density at radius 1 is 1.42 bits per heavy atom. The molecule has 1 aromatic rings. The molecule has 0 spiro atoms. The SMILES string of the molecule is CC(C)[C@H](NC/C=C/c1ccc(F)cc1F)C(=O)O. The second kappa shape index (κ2) is 6.99. The lowest BCUT2D eigenvalue weighted by molar-refractivity contribution is -0.140. The van der Waals surface area contributed by atoms with Crippen LogP contribution in [0.2, 0.25) is 0 Å². The Balaban J connectivity index is 2.56. The first-order valence-electron chi connectivity index (χ1n) is 5.99. The van der Waals surface area contributed by atoms with Gasteiger partial charge in [0.15, 0.2) is 0 Å². The first kappa shape index (κ1) is 15.3. The summed E-state index contributed by atoms with van der Waals surface area (Å²) >= 11 is 0. The fourth-order valence-corrected chi connectivity index (χ4v) is 1.63. The number of hydrogen-bond acceptors (Lipinski definition) is 2. The molecule has 0 aliphatic rings. The molecule has 104 valence electrons. The predicted octanol–water partition coefficient (Wildman–Crippen LogP) is 2.68. The maximum absolute atomic E-state index is 13.3. The molecular weight excluding hydrogens is 252 g/mol. The number of rotatable bonds is 6. The zero-order valence-corrected chi connectivity index (χ0v) is 10.9. The Bertz CT molecular complexity index is 473. The van der Waals surface area contributed by atoms with E-state index in [1.54, 1.807) is 19.9 Å². The number of halogens is 2. The van der Waals surface area contributed by atoms with Gasteiger partial charge in [-0.25, -0.2) is 8.78 Å². The van der Waals surface area contributed by atoms with Crippen molar-refractivity contribution in [3.05, 3.63) is 41.5 Å². The van der Waals surface area contributed by atoms with Gasteiger partial charge in [0.05, 0.1) is 0 Å². The molecule has 1 atom stereocenters. The molecule has 0 unspecified atom stereocenters. The third-order valence-electron chi connectivity index (χ3n) is 2.65. The molecule has 0 aromatic heterocycles. The third kappa shape index (κ3) is 4.79. The maximum Gasteiger partial charge on any atom is 0.320 e. The summed E-state index contributed by atoms with van der Waals surface area (Å²) < 4.78 is 26.0. The molecule has 0 saturated heterocycles. The van der Waals surface area contributed by atoms with E-state index in [0.29, 0.717) is 6.54 Å². The monoisotopic (exact) mass is 269 g/mol. The van der Waals surface area contributed by atoms with Gasteiger partial charge in [-0.2, -0.15) is 0 Å². The van der Waals surface area contributed by atoms with Crippen LogP contribution in [0.1, 0.15) is 19.4 Å². The van der Waals surface area contributed by atoms with Gasteiger partial charge in [0, 0.05) is 18.2 Å². The van der Waals surface area contributed by atoms with E-state index < -0.39 is 23.6 Å². The Morgan fingerprint density at radius 3 is 2.63 bits per heavy atom. The minimum absolute atomic E-state index is 0.0477. The Kier molecular flexibility index (Phi) is 5.63. The van der Waals surface area contributed by atoms with Crippen molar-refractivity contribution in [1.29, 1.82) is 0 Å². The fraction of sp³-hybridized carbons (Fsp3) is 0.357. The maximum atomic E-state index is 13.3. The van der Waals surface area contributed by atoms with Crippen molar-refractivity contribution in [2.75, 3.05) is 6.54 Å². The van der Waals surface area contributed by atoms with Crippen LogP contribution in [0.3, 0.4) is 0 Å². The molecule has 0 bridgehead atoms. The molecule has 0 saturated carbocycles. The van der Waals surface area contributed by atoms with Gasteiger partial charge in [-0.05, 0) is 18.1 Å². The van der Waals surface area contributed by atoms with Gasteiger partial charge < -0.3 is 10.4 Å². The Labute approximate surface area is 110 Å². The summed E-state index contributed by atoms with van der Waals surface area (Å²) in [5, 5.41) is 11.8. The zero-order chi connectivity index (χ0) is 14.4. The Hall–Kier alpha value is -1.75. The van der Waals surface area contributed by atoms with Crippen LogP contribution in [0.5, 0.6) is 0 Å². The van der Waals surface area contributed by atoms with Gasteiger partial charge in [-0.3, -0.25) is 4.79 Å². The lowest BCUT2D eigenvalue weighted by atomic mass is 10.1. The molecule has 1 aromatic carbocycles. The highest BCUT2D eigenvalue weighted by Gasteiger charge is 2.19. The molecule has 0 amide bonds. The summed E-state index contributed by atoms with van der Waals surface area (Å²) in [6.07, 6.45) is 3.09. The van der Waals surface area contributed by atoms with E-state index in [9.17, 15) is 13.6 Å². The lowest BCUT2D eigenvalue weighted by Crippen LogP contribution is -2.40. The molecule has 0 heterocycles. The van der Waals surface area contributed by atoms with E-state index in [2.05, 4.69) is 5.32 Å². The second-order valence-corrected chi connectivity index (χ2v) is 4.54. The van der Waals surface area contributed by atoms with Crippen molar-refractivity contribution in [2.45, 2.75) is 19.9 Å². The van der Waals surface area contributed by atoms with Gasteiger partial charge in [0.1, 0.15) is 17.7 Å². The van der Waals surface area contributed by atoms with Crippen LogP contribution in [0, 0.1) is 17.6 Å². The van der Waals surface area contributed by atoms with Crippen LogP contribution in [0.25, 0.3) is 6.08 Å². The normalized spacial score (nSPS) is 13.1. The van der Waals surface area contributed by atoms with Crippen LogP contribution in [-0.2, 0) is 4.79 Å². The number of aliphatic carboxylic acids is 1. The van der Waals surface area contributed by atoms with Crippen molar-refractivity contribution >= 4 is 12.0 Å². The van der Waals surface area contributed by atoms with E-state index >= 15 is 0 Å². The largest absolute Gasteiger partial charge is 0.480 e. The van der Waals surface area contributed by atoms with Gasteiger partial charge in [0.2, 0.25) is 0 Å². The number of carboxylic acid groups (broad SMARTS) is 1. The first-order chi connectivity index (χ1) is 8.91. The van der Waals surface area contributed by atoms with E-state index in [1.165, 1.54) is 18.2 Å². The topological polar surface area (TPSA) is 49.3 Å². The van der Waals surface area contributed by atoms with Crippen molar-refractivity contribution in [3.63, 3.8) is 0 Å². The summed E-state index contributed by atoms with van der Waals surface area (Å²) in [4.78, 5) is 10.9. The van der Waals surface area contributed by atoms with Crippen molar-refractivity contribution in [3.8, 4) is 0 Å². The van der Waals surface area contributed by atoms with Crippen LogP contribution >= 0.6 is 0 Å². The predicted molar refractivity (Wildman–Crippen MR) is 69.7 cm³/mol. The molecule has 5 heteroatoms. The molecular formula is C14H17F2NO2. The number of nitrogens with one attached hydrogen (secondary N) is 1. The van der Waals surface area contributed by atoms with Crippen molar-refractivity contribution < 1.29 is 18.7 Å². The van der Waals surface area contributed by atoms with Crippen LogP contribution in [-0.4, -0.2) is 23.7 Å². The summed E-state index contributed by atoms with van der Waals surface area (Å²) in [5.41, 5.74) is 0.264. The fourth-order valence-electron chi connectivity index (χ4n) is 1.63. The highest BCUT2D eigenvalue weighted by molar-refractivity contribution is 5.73. The molecule has 1 rings (SSSR count). The lowest BCUT2D eigenvalue weighted by Gasteiger charge is -2.16. The van der Waals surface area contributed by atoms with E-state index in [-0.39, 0.29) is 11.5 Å². The smallest absolute Gasteiger partial charge is 0.320 e. The summed E-state index contributed by atoms with van der Waals surface area (Å²) in [7, 11) is 0. The van der Waals surface area contributed by atoms with E-state index in [1.807, 2.05) is 0 Å². The van der Waals surface area contributed by atoms with Crippen molar-refractivity contribution in [1.82, 2.24) is 5.32 Å². The van der Waals surface area contributed by atoms with Gasteiger partial charge >= 0.3 is 5.97 Å². The average molecular weight is 269 g/mol. The second-order valence-electron chi connectivity index (χ2n) is 4.54. The van der Waals surface area contributed by atoms with Gasteiger partial charge in [-0.15, -0.1) is 0 Å². The molecule has 0 aliphatic heterocycles. The van der Waals surface area contributed by atoms with Gasteiger partial charge in [-0.1, -0.05) is 26.0 Å². The number of benzene rings is 1. The number of carbonyl (C=O) groups is 1. The quantitative estimate of drug-likeness (QED) is 0.834. The molecule has 0 radical (unpaired) electrons. The summed E-state index contributed by atoms with van der Waals surface area (Å²) in [6, 6.07) is 2.66. The van der Waals surface area contributed by atoms with Crippen LogP contribution in [0.15, 0.2) is 24.3 Å². The molecule has 0 aliphatic carbocycles. The van der Waals surface area contributed by atoms with Crippen LogP contribution < -0.4 is 5.32 Å². The molecule has 19 heavy (non-hydrogen) atoms. The minimum Gasteiger partial charge on any atom is -0.480 e. The zero-order valence-electron chi connectivity index (χ0n) is 10.9. The molecule has 0 fully saturated rings. The van der Waals surface area contributed by atoms with Crippen molar-refractivity contribution in [2.24, 2.45) is 5.92 Å². The minimum atomic E-state index is -0.920. The van der Waals surface area contributed by atoms with Crippen LogP contribution in [0.4, 0.5) is 8.78 Å². The first-order valence-corrected chi connectivity index (χ1v) is 5.99. The Morgan fingerprint density at radius 2 is 2.11 bits per heavy atom. The standard InChI is InChI=1S/C14H17F2NO2/c1-9(2)13(14(18)19)17-7-3-4-10-5-6-11(15)8-12(10)16/h3-6,8-9,13,17H,7H2,1-2H3,(H,18,19)/b4-3+/t13-/m0/s1. The molecule has 3 nitrogen and oxygen atoms in total. The van der Waals surface area contributed by atoms with E-state index in [0.717, 1.165) is 6.07 Å². The third-order valence-corrected chi connectivity index (χ3v) is 2.65. The number of hydrogen-bond donors (Lipinski definition) is 2. The molecule has 2 N–H and O–H groups in total. The average Bonchev–Trinajstić information content (AvgIpc) is 2.30.